The second-order valence-electron chi connectivity index (χ2n) is 4.87. The summed E-state index contributed by atoms with van der Waals surface area (Å²) in [4.78, 5) is 13.4. The molecule has 1 amide bonds. The quantitative estimate of drug-likeness (QED) is 0.889. The fraction of sp³-hybridized carbons (Fsp3) is 0.462. The van der Waals surface area contributed by atoms with Crippen molar-refractivity contribution in [3.05, 3.63) is 17.1 Å². The van der Waals surface area contributed by atoms with E-state index in [1.165, 1.54) is 11.3 Å². The molecule has 0 radical (unpaired) electrons. The molecule has 3 heterocycles. The maximum absolute atomic E-state index is 12.1. The SMILES string of the molecule is Nc1c(C(=O)NCCC2CCOC2)sc2nnccc12. The van der Waals surface area contributed by atoms with Crippen LogP contribution in [0.25, 0.3) is 10.2 Å². The molecule has 1 aliphatic rings. The van der Waals surface area contributed by atoms with Crippen molar-refractivity contribution >= 4 is 33.1 Å². The maximum atomic E-state index is 12.1. The molecule has 1 saturated heterocycles. The van der Waals surface area contributed by atoms with Crippen LogP contribution < -0.4 is 11.1 Å². The number of hydrogen-bond donors (Lipinski definition) is 2. The van der Waals surface area contributed by atoms with Crippen molar-refractivity contribution in [3.8, 4) is 0 Å². The van der Waals surface area contributed by atoms with Crippen molar-refractivity contribution in [2.24, 2.45) is 5.92 Å². The van der Waals surface area contributed by atoms with Crippen LogP contribution in [-0.2, 0) is 4.74 Å². The van der Waals surface area contributed by atoms with Crippen molar-refractivity contribution in [1.82, 2.24) is 15.5 Å². The Morgan fingerprint density at radius 1 is 1.60 bits per heavy atom. The number of nitrogens with zero attached hydrogens (tertiary/aromatic N) is 2. The molecule has 2 aromatic heterocycles. The molecule has 6 nitrogen and oxygen atoms in total. The Balaban J connectivity index is 1.64. The lowest BCUT2D eigenvalue weighted by atomic mass is 10.1. The number of amides is 1. The lowest BCUT2D eigenvalue weighted by Gasteiger charge is -2.08. The normalized spacial score (nSPS) is 18.5. The van der Waals surface area contributed by atoms with E-state index in [2.05, 4.69) is 15.5 Å². The lowest BCUT2D eigenvalue weighted by molar-refractivity contribution is 0.0955. The number of thiophene rings is 1. The molecule has 106 valence electrons. The monoisotopic (exact) mass is 292 g/mol. The molecule has 0 saturated carbocycles. The summed E-state index contributed by atoms with van der Waals surface area (Å²) in [6.07, 6.45) is 3.60. The predicted octanol–water partition coefficient (Wildman–Crippen LogP) is 1.43. The molecule has 1 aliphatic heterocycles. The van der Waals surface area contributed by atoms with E-state index < -0.39 is 0 Å². The molecule has 1 fully saturated rings. The molecule has 2 aromatic rings. The van der Waals surface area contributed by atoms with Gasteiger partial charge in [-0.05, 0) is 24.8 Å². The van der Waals surface area contributed by atoms with Gasteiger partial charge in [0.2, 0.25) is 0 Å². The molecule has 0 bridgehead atoms. The molecule has 1 unspecified atom stereocenters. The van der Waals surface area contributed by atoms with Crippen LogP contribution in [0.5, 0.6) is 0 Å². The van der Waals surface area contributed by atoms with Gasteiger partial charge in [-0.15, -0.1) is 16.4 Å². The Kier molecular flexibility index (Phi) is 3.79. The zero-order valence-corrected chi connectivity index (χ0v) is 11.8. The van der Waals surface area contributed by atoms with Crippen LogP contribution in [-0.4, -0.2) is 35.9 Å². The van der Waals surface area contributed by atoms with Crippen molar-refractivity contribution in [1.29, 1.82) is 0 Å². The number of fused-ring (bicyclic) bond motifs is 1. The highest BCUT2D eigenvalue weighted by Gasteiger charge is 2.18. The zero-order valence-electron chi connectivity index (χ0n) is 11.0. The third-order valence-corrected chi connectivity index (χ3v) is 4.59. The average molecular weight is 292 g/mol. The molecule has 20 heavy (non-hydrogen) atoms. The number of nitrogens with one attached hydrogen (secondary N) is 1. The van der Waals surface area contributed by atoms with Gasteiger partial charge >= 0.3 is 0 Å². The topological polar surface area (TPSA) is 90.1 Å². The average Bonchev–Trinajstić information content (AvgIpc) is 3.08. The van der Waals surface area contributed by atoms with Crippen LogP contribution in [0, 0.1) is 5.92 Å². The number of hydrogen-bond acceptors (Lipinski definition) is 6. The van der Waals surface area contributed by atoms with Gasteiger partial charge in [-0.25, -0.2) is 0 Å². The number of anilines is 1. The molecule has 1 atom stereocenters. The highest BCUT2D eigenvalue weighted by Crippen LogP contribution is 2.31. The first-order chi connectivity index (χ1) is 9.75. The molecule has 3 rings (SSSR count). The number of carbonyl (C=O) groups is 1. The van der Waals surface area contributed by atoms with E-state index in [1.54, 1.807) is 12.3 Å². The first-order valence-corrected chi connectivity index (χ1v) is 7.43. The van der Waals surface area contributed by atoms with Crippen molar-refractivity contribution in [2.45, 2.75) is 12.8 Å². The Morgan fingerprint density at radius 3 is 3.25 bits per heavy atom. The Bertz CT molecular complexity index is 622. The second kappa shape index (κ2) is 5.72. The summed E-state index contributed by atoms with van der Waals surface area (Å²) in [6, 6.07) is 1.78. The van der Waals surface area contributed by atoms with Gasteiger partial charge in [0.1, 0.15) is 9.71 Å². The van der Waals surface area contributed by atoms with Crippen LogP contribution in [0.3, 0.4) is 0 Å². The number of rotatable bonds is 4. The number of carbonyl (C=O) groups excluding carboxylic acids is 1. The van der Waals surface area contributed by atoms with Gasteiger partial charge in [-0.1, -0.05) is 0 Å². The molecular formula is C13H16N4O2S. The largest absolute Gasteiger partial charge is 0.397 e. The summed E-state index contributed by atoms with van der Waals surface area (Å²) < 4.78 is 5.31. The van der Waals surface area contributed by atoms with Crippen molar-refractivity contribution < 1.29 is 9.53 Å². The van der Waals surface area contributed by atoms with E-state index in [0.717, 1.165) is 31.4 Å². The predicted molar refractivity (Wildman–Crippen MR) is 77.7 cm³/mol. The van der Waals surface area contributed by atoms with Gasteiger partial charge in [0, 0.05) is 25.1 Å². The maximum Gasteiger partial charge on any atom is 0.263 e. The zero-order chi connectivity index (χ0) is 13.9. The van der Waals surface area contributed by atoms with Crippen LogP contribution in [0.4, 0.5) is 5.69 Å². The first-order valence-electron chi connectivity index (χ1n) is 6.61. The van der Waals surface area contributed by atoms with Gasteiger partial charge < -0.3 is 15.8 Å². The number of nitrogen functional groups attached to an aromatic ring is 1. The molecule has 0 aromatic carbocycles. The summed E-state index contributed by atoms with van der Waals surface area (Å²) >= 11 is 1.28. The lowest BCUT2D eigenvalue weighted by Crippen LogP contribution is -2.25. The van der Waals surface area contributed by atoms with Crippen LogP contribution >= 0.6 is 11.3 Å². The van der Waals surface area contributed by atoms with Crippen LogP contribution in [0.15, 0.2) is 12.3 Å². The van der Waals surface area contributed by atoms with Gasteiger partial charge in [0.25, 0.3) is 5.91 Å². The number of nitrogens with two attached hydrogens (primary N) is 1. The van der Waals surface area contributed by atoms with Crippen molar-refractivity contribution in [3.63, 3.8) is 0 Å². The van der Waals surface area contributed by atoms with Crippen molar-refractivity contribution in [2.75, 3.05) is 25.5 Å². The third kappa shape index (κ3) is 2.59. The Morgan fingerprint density at radius 2 is 2.50 bits per heavy atom. The van der Waals surface area contributed by atoms with E-state index in [-0.39, 0.29) is 5.91 Å². The van der Waals surface area contributed by atoms with E-state index in [1.807, 2.05) is 0 Å². The van der Waals surface area contributed by atoms with E-state index in [4.69, 9.17) is 10.5 Å². The summed E-state index contributed by atoms with van der Waals surface area (Å²) in [7, 11) is 0. The minimum absolute atomic E-state index is 0.135. The van der Waals surface area contributed by atoms with E-state index in [9.17, 15) is 4.79 Å². The highest BCUT2D eigenvalue weighted by atomic mass is 32.1. The summed E-state index contributed by atoms with van der Waals surface area (Å²) in [6.45, 7) is 2.28. The van der Waals surface area contributed by atoms with Gasteiger partial charge in [0.05, 0.1) is 11.9 Å². The third-order valence-electron chi connectivity index (χ3n) is 3.49. The minimum atomic E-state index is -0.135. The van der Waals surface area contributed by atoms with Crippen LogP contribution in [0.2, 0.25) is 0 Å². The second-order valence-corrected chi connectivity index (χ2v) is 5.87. The fourth-order valence-electron chi connectivity index (χ4n) is 2.32. The smallest absolute Gasteiger partial charge is 0.263 e. The van der Waals surface area contributed by atoms with Gasteiger partial charge in [-0.2, -0.15) is 5.10 Å². The molecule has 7 heteroatoms. The molecule has 0 spiro atoms. The van der Waals surface area contributed by atoms with Gasteiger partial charge in [-0.3, -0.25) is 4.79 Å². The summed E-state index contributed by atoms with van der Waals surface area (Å²) in [5.41, 5.74) is 6.48. The van der Waals surface area contributed by atoms with Crippen LogP contribution in [0.1, 0.15) is 22.5 Å². The number of aromatic nitrogens is 2. The Hall–Kier alpha value is -1.73. The summed E-state index contributed by atoms with van der Waals surface area (Å²) in [5.74, 6) is 0.422. The fourth-order valence-corrected chi connectivity index (χ4v) is 3.28. The molecular weight excluding hydrogens is 276 g/mol. The minimum Gasteiger partial charge on any atom is -0.397 e. The van der Waals surface area contributed by atoms with Gasteiger partial charge in [0.15, 0.2) is 0 Å². The first kappa shape index (κ1) is 13.3. The standard InChI is InChI=1S/C13H16N4O2S/c14-10-9-2-5-16-17-13(9)20-11(10)12(18)15-4-1-8-3-6-19-7-8/h2,5,8H,1,3-4,6-7,14H2,(H,15,18). The molecule has 0 aliphatic carbocycles. The molecule has 3 N–H and O–H groups in total. The Labute approximate surface area is 120 Å². The van der Waals surface area contributed by atoms with E-state index in [0.29, 0.717) is 27.9 Å². The number of ether oxygens (including phenoxy) is 1. The summed E-state index contributed by atoms with van der Waals surface area (Å²) in [5, 5.41) is 11.5. The van der Waals surface area contributed by atoms with E-state index >= 15 is 0 Å². The highest BCUT2D eigenvalue weighted by molar-refractivity contribution is 7.21.